The first kappa shape index (κ1) is 21.3. The third kappa shape index (κ3) is 4.86. The Hall–Kier alpha value is -1.93. The molecule has 2 fully saturated rings. The van der Waals surface area contributed by atoms with Crippen molar-refractivity contribution in [3.63, 3.8) is 0 Å². The zero-order valence-corrected chi connectivity index (χ0v) is 18.3. The van der Waals surface area contributed by atoms with Crippen LogP contribution in [0.3, 0.4) is 0 Å². The molecule has 160 valence electrons. The van der Waals surface area contributed by atoms with Crippen molar-refractivity contribution in [1.82, 2.24) is 0 Å². The van der Waals surface area contributed by atoms with Gasteiger partial charge in [0.05, 0.1) is 6.10 Å². The first-order valence-corrected chi connectivity index (χ1v) is 11.8. The van der Waals surface area contributed by atoms with Crippen molar-refractivity contribution in [1.29, 1.82) is 0 Å². The van der Waals surface area contributed by atoms with Crippen LogP contribution in [0.25, 0.3) is 11.1 Å². The number of rotatable bonds is 7. The molecule has 2 aromatic carbocycles. The van der Waals surface area contributed by atoms with Gasteiger partial charge in [-0.3, -0.25) is 0 Å². The molecule has 2 heteroatoms. The number of fused-ring (bicyclic) bond motifs is 1. The lowest BCUT2D eigenvalue weighted by molar-refractivity contribution is -0.00956. The average Bonchev–Trinajstić information content (AvgIpc) is 2.78. The van der Waals surface area contributed by atoms with Crippen molar-refractivity contribution >= 4 is 0 Å². The summed E-state index contributed by atoms with van der Waals surface area (Å²) in [6.07, 6.45) is 11.7. The van der Waals surface area contributed by atoms with Gasteiger partial charge < -0.3 is 4.74 Å². The van der Waals surface area contributed by atoms with Crippen LogP contribution in [0, 0.1) is 17.7 Å². The Labute approximate surface area is 181 Å². The third-order valence-electron chi connectivity index (χ3n) is 7.33. The number of benzene rings is 2. The van der Waals surface area contributed by atoms with E-state index in [1.54, 1.807) is 6.07 Å². The maximum atomic E-state index is 15.0. The van der Waals surface area contributed by atoms with E-state index >= 15 is 4.39 Å². The van der Waals surface area contributed by atoms with E-state index in [-0.39, 0.29) is 5.82 Å². The highest BCUT2D eigenvalue weighted by Crippen LogP contribution is 2.47. The Morgan fingerprint density at radius 3 is 2.50 bits per heavy atom. The maximum Gasteiger partial charge on any atom is 0.131 e. The SMILES string of the molecule is C=CCCc1ccc(-c2ccc(C3CCC4CC(OCC)CCC4C3)cc2F)cc1. The second-order valence-corrected chi connectivity index (χ2v) is 9.18. The van der Waals surface area contributed by atoms with Gasteiger partial charge in [-0.25, -0.2) is 4.39 Å². The second kappa shape index (κ2) is 9.92. The number of ether oxygens (including phenoxy) is 1. The highest BCUT2D eigenvalue weighted by atomic mass is 19.1. The van der Waals surface area contributed by atoms with Gasteiger partial charge in [0.15, 0.2) is 0 Å². The zero-order valence-electron chi connectivity index (χ0n) is 18.3. The fraction of sp³-hybridized carbons (Fsp3) is 0.500. The smallest absolute Gasteiger partial charge is 0.131 e. The minimum Gasteiger partial charge on any atom is -0.378 e. The third-order valence-corrected chi connectivity index (χ3v) is 7.33. The van der Waals surface area contributed by atoms with Crippen LogP contribution in [-0.4, -0.2) is 12.7 Å². The summed E-state index contributed by atoms with van der Waals surface area (Å²) in [6.45, 7) is 6.70. The Morgan fingerprint density at radius 2 is 1.77 bits per heavy atom. The monoisotopic (exact) mass is 406 g/mol. The summed E-state index contributed by atoms with van der Waals surface area (Å²) in [5.74, 6) is 2.00. The molecule has 0 bridgehead atoms. The molecule has 0 saturated heterocycles. The van der Waals surface area contributed by atoms with Crippen molar-refractivity contribution in [2.75, 3.05) is 6.61 Å². The molecule has 30 heavy (non-hydrogen) atoms. The Bertz CT molecular complexity index is 840. The quantitative estimate of drug-likeness (QED) is 0.428. The standard InChI is InChI=1S/C28H35FO/c1-3-5-6-20-7-9-21(10-8-20)27-16-14-25(19-28(27)29)22-11-12-24-18-26(30-4-2)15-13-23(24)17-22/h3,7-10,14,16,19,22-24,26H,1,4-6,11-13,15,17-18H2,2H3. The molecule has 0 radical (unpaired) electrons. The number of halogens is 1. The van der Waals surface area contributed by atoms with Crippen LogP contribution in [0.15, 0.2) is 55.1 Å². The minimum atomic E-state index is -0.0893. The summed E-state index contributed by atoms with van der Waals surface area (Å²) in [5.41, 5.74) is 4.12. The van der Waals surface area contributed by atoms with Crippen LogP contribution in [-0.2, 0) is 11.2 Å². The number of hydrogen-bond acceptors (Lipinski definition) is 1. The van der Waals surface area contributed by atoms with Crippen molar-refractivity contribution in [3.8, 4) is 11.1 Å². The molecule has 0 heterocycles. The molecule has 2 aromatic rings. The molecule has 0 amide bonds. The van der Waals surface area contributed by atoms with Crippen LogP contribution in [0.5, 0.6) is 0 Å². The van der Waals surface area contributed by atoms with Crippen LogP contribution >= 0.6 is 0 Å². The highest BCUT2D eigenvalue weighted by molar-refractivity contribution is 5.65. The van der Waals surface area contributed by atoms with E-state index in [0.29, 0.717) is 17.6 Å². The Kier molecular flexibility index (Phi) is 7.04. The van der Waals surface area contributed by atoms with E-state index in [1.165, 1.54) is 49.7 Å². The van der Waals surface area contributed by atoms with E-state index in [0.717, 1.165) is 36.8 Å². The minimum absolute atomic E-state index is 0.0893. The summed E-state index contributed by atoms with van der Waals surface area (Å²) in [4.78, 5) is 0. The predicted octanol–water partition coefficient (Wildman–Crippen LogP) is 7.70. The van der Waals surface area contributed by atoms with E-state index in [2.05, 4.69) is 31.7 Å². The first-order chi connectivity index (χ1) is 14.7. The van der Waals surface area contributed by atoms with Gasteiger partial charge in [0, 0.05) is 12.2 Å². The second-order valence-electron chi connectivity index (χ2n) is 9.18. The van der Waals surface area contributed by atoms with Crippen molar-refractivity contribution < 1.29 is 9.13 Å². The topological polar surface area (TPSA) is 9.23 Å². The molecule has 1 nitrogen and oxygen atoms in total. The van der Waals surface area contributed by atoms with Gasteiger partial charge in [0.2, 0.25) is 0 Å². The van der Waals surface area contributed by atoms with Crippen molar-refractivity contribution in [2.45, 2.75) is 70.3 Å². The van der Waals surface area contributed by atoms with Gasteiger partial charge in [-0.2, -0.15) is 0 Å². The van der Waals surface area contributed by atoms with Crippen LogP contribution < -0.4 is 0 Å². The van der Waals surface area contributed by atoms with Gasteiger partial charge in [0.1, 0.15) is 5.82 Å². The fourth-order valence-corrected chi connectivity index (χ4v) is 5.67. The largest absolute Gasteiger partial charge is 0.378 e. The summed E-state index contributed by atoms with van der Waals surface area (Å²) >= 11 is 0. The number of hydrogen-bond donors (Lipinski definition) is 0. The summed E-state index contributed by atoms with van der Waals surface area (Å²) in [5, 5.41) is 0. The molecule has 4 unspecified atom stereocenters. The summed E-state index contributed by atoms with van der Waals surface area (Å²) in [7, 11) is 0. The molecular formula is C28H35FO. The summed E-state index contributed by atoms with van der Waals surface area (Å²) < 4.78 is 20.9. The number of allylic oxidation sites excluding steroid dienone is 1. The van der Waals surface area contributed by atoms with Crippen LogP contribution in [0.2, 0.25) is 0 Å². The first-order valence-electron chi connectivity index (χ1n) is 11.8. The zero-order chi connectivity index (χ0) is 20.9. The molecule has 4 atom stereocenters. The Morgan fingerprint density at radius 1 is 1.00 bits per heavy atom. The predicted molar refractivity (Wildman–Crippen MR) is 123 cm³/mol. The van der Waals surface area contributed by atoms with Crippen molar-refractivity contribution in [2.24, 2.45) is 11.8 Å². The molecule has 0 N–H and O–H groups in total. The van der Waals surface area contributed by atoms with E-state index in [1.807, 2.05) is 24.3 Å². The average molecular weight is 407 g/mol. The lowest BCUT2D eigenvalue weighted by Gasteiger charge is -2.42. The van der Waals surface area contributed by atoms with Gasteiger partial charge in [0.25, 0.3) is 0 Å². The van der Waals surface area contributed by atoms with E-state index in [9.17, 15) is 0 Å². The fourth-order valence-electron chi connectivity index (χ4n) is 5.67. The highest BCUT2D eigenvalue weighted by Gasteiger charge is 2.36. The van der Waals surface area contributed by atoms with E-state index < -0.39 is 0 Å². The molecule has 2 aliphatic carbocycles. The molecule has 4 rings (SSSR count). The molecular weight excluding hydrogens is 371 g/mol. The molecule has 0 spiro atoms. The summed E-state index contributed by atoms with van der Waals surface area (Å²) in [6, 6.07) is 14.2. The lowest BCUT2D eigenvalue weighted by atomic mass is 9.65. The molecule has 0 aromatic heterocycles. The molecule has 2 aliphatic rings. The molecule has 2 saturated carbocycles. The van der Waals surface area contributed by atoms with Gasteiger partial charge in [-0.15, -0.1) is 6.58 Å². The Balaban J connectivity index is 1.42. The van der Waals surface area contributed by atoms with Crippen LogP contribution in [0.1, 0.15) is 68.9 Å². The maximum absolute atomic E-state index is 15.0. The number of aryl methyl sites for hydroxylation is 1. The van der Waals surface area contributed by atoms with Crippen LogP contribution in [0.4, 0.5) is 4.39 Å². The van der Waals surface area contributed by atoms with Gasteiger partial charge in [-0.05, 0) is 98.8 Å². The van der Waals surface area contributed by atoms with E-state index in [4.69, 9.17) is 4.74 Å². The van der Waals surface area contributed by atoms with Crippen molar-refractivity contribution in [3.05, 3.63) is 72.1 Å². The van der Waals surface area contributed by atoms with Gasteiger partial charge in [-0.1, -0.05) is 42.5 Å². The normalized spacial score (nSPS) is 26.2. The van der Waals surface area contributed by atoms with Gasteiger partial charge >= 0.3 is 0 Å². The molecule has 0 aliphatic heterocycles. The lowest BCUT2D eigenvalue weighted by Crippen LogP contribution is -2.33.